The van der Waals surface area contributed by atoms with Crippen LogP contribution >= 0.6 is 0 Å². The molecule has 0 saturated carbocycles. The van der Waals surface area contributed by atoms with Gasteiger partial charge in [0.1, 0.15) is 11.6 Å². The van der Waals surface area contributed by atoms with Crippen molar-refractivity contribution >= 4 is 5.69 Å². The molecule has 0 aromatic heterocycles. The van der Waals surface area contributed by atoms with Crippen LogP contribution < -0.4 is 4.90 Å². The summed E-state index contributed by atoms with van der Waals surface area (Å²) in [6.45, 7) is 5.04. The molecule has 0 spiro atoms. The van der Waals surface area contributed by atoms with Gasteiger partial charge in [0.25, 0.3) is 0 Å². The van der Waals surface area contributed by atoms with Crippen LogP contribution in [0.15, 0.2) is 48.5 Å². The van der Waals surface area contributed by atoms with E-state index in [2.05, 4.69) is 6.92 Å². The number of anilines is 1. The van der Waals surface area contributed by atoms with Gasteiger partial charge in [0.2, 0.25) is 0 Å². The lowest BCUT2D eigenvalue weighted by atomic mass is 10.2. The molecule has 0 N–H and O–H groups in total. The predicted molar refractivity (Wildman–Crippen MR) is 69.2 cm³/mol. The fourth-order valence-corrected chi connectivity index (χ4v) is 1.76. The van der Waals surface area contributed by atoms with E-state index in [4.69, 9.17) is 0 Å². The average molecular weight is 246 g/mol. The van der Waals surface area contributed by atoms with Gasteiger partial charge in [-0.3, -0.25) is 0 Å². The lowest BCUT2D eigenvalue weighted by molar-refractivity contribution is 0.626. The van der Waals surface area contributed by atoms with Crippen LogP contribution in [-0.2, 0) is 6.54 Å². The minimum absolute atomic E-state index is 0.248. The average Bonchev–Trinajstić information content (AvgIpc) is 2.39. The molecule has 0 bridgehead atoms. The van der Waals surface area contributed by atoms with E-state index in [-0.39, 0.29) is 11.6 Å². The van der Waals surface area contributed by atoms with Crippen molar-refractivity contribution in [2.24, 2.45) is 0 Å². The van der Waals surface area contributed by atoms with Crippen molar-refractivity contribution in [2.45, 2.75) is 6.54 Å². The van der Waals surface area contributed by atoms with Gasteiger partial charge in [-0.15, -0.1) is 0 Å². The Morgan fingerprint density at radius 3 is 1.83 bits per heavy atom. The molecule has 2 aromatic carbocycles. The van der Waals surface area contributed by atoms with Gasteiger partial charge in [0.15, 0.2) is 0 Å². The minimum atomic E-state index is -0.260. The molecule has 0 atom stereocenters. The maximum atomic E-state index is 12.8. The third-order valence-electron chi connectivity index (χ3n) is 2.75. The van der Waals surface area contributed by atoms with E-state index in [9.17, 15) is 8.78 Å². The Labute approximate surface area is 106 Å². The summed E-state index contributed by atoms with van der Waals surface area (Å²) in [5, 5.41) is 0. The van der Waals surface area contributed by atoms with E-state index in [1.807, 2.05) is 4.90 Å². The molecule has 0 saturated heterocycles. The third kappa shape index (κ3) is 3.06. The van der Waals surface area contributed by atoms with Crippen LogP contribution in [-0.4, -0.2) is 6.54 Å². The first-order valence-electron chi connectivity index (χ1n) is 5.73. The van der Waals surface area contributed by atoms with E-state index in [0.29, 0.717) is 13.1 Å². The van der Waals surface area contributed by atoms with Gasteiger partial charge in [0.05, 0.1) is 0 Å². The first-order chi connectivity index (χ1) is 8.69. The van der Waals surface area contributed by atoms with Crippen molar-refractivity contribution in [3.63, 3.8) is 0 Å². The summed E-state index contributed by atoms with van der Waals surface area (Å²) >= 11 is 0. The van der Waals surface area contributed by atoms with Crippen LogP contribution in [0.2, 0.25) is 0 Å². The van der Waals surface area contributed by atoms with Gasteiger partial charge in [-0.25, -0.2) is 8.78 Å². The zero-order valence-electron chi connectivity index (χ0n) is 9.94. The number of nitrogens with zero attached hydrogens (tertiary/aromatic N) is 1. The Balaban J connectivity index is 2.14. The van der Waals surface area contributed by atoms with Gasteiger partial charge < -0.3 is 4.90 Å². The summed E-state index contributed by atoms with van der Waals surface area (Å²) in [6.07, 6.45) is 0. The Bertz CT molecular complexity index is 491. The highest BCUT2D eigenvalue weighted by Crippen LogP contribution is 2.17. The van der Waals surface area contributed by atoms with Gasteiger partial charge >= 0.3 is 0 Å². The molecule has 18 heavy (non-hydrogen) atoms. The van der Waals surface area contributed by atoms with Gasteiger partial charge in [-0.2, -0.15) is 0 Å². The summed E-state index contributed by atoms with van der Waals surface area (Å²) in [5.74, 6) is -0.508. The van der Waals surface area contributed by atoms with Crippen LogP contribution in [0, 0.1) is 18.6 Å². The van der Waals surface area contributed by atoms with Crippen molar-refractivity contribution in [2.75, 3.05) is 11.4 Å². The van der Waals surface area contributed by atoms with Crippen LogP contribution in [0.25, 0.3) is 0 Å². The van der Waals surface area contributed by atoms with E-state index >= 15 is 0 Å². The fourth-order valence-electron chi connectivity index (χ4n) is 1.76. The Hall–Kier alpha value is -1.90. The highest BCUT2D eigenvalue weighted by Gasteiger charge is 2.05. The summed E-state index contributed by atoms with van der Waals surface area (Å²) < 4.78 is 25.7. The molecular formula is C15H14F2N. The normalized spacial score (nSPS) is 10.4. The molecule has 0 fully saturated rings. The molecule has 0 aliphatic carbocycles. The summed E-state index contributed by atoms with van der Waals surface area (Å²) in [7, 11) is 0. The minimum Gasteiger partial charge on any atom is -0.367 e. The van der Waals surface area contributed by atoms with Crippen LogP contribution in [0.4, 0.5) is 14.5 Å². The fraction of sp³-hybridized carbons (Fsp3) is 0.133. The van der Waals surface area contributed by atoms with Crippen molar-refractivity contribution in [1.29, 1.82) is 0 Å². The molecule has 93 valence electrons. The van der Waals surface area contributed by atoms with Crippen LogP contribution in [0.5, 0.6) is 0 Å². The smallest absolute Gasteiger partial charge is 0.123 e. The highest BCUT2D eigenvalue weighted by atomic mass is 19.1. The zero-order chi connectivity index (χ0) is 13.0. The second-order valence-corrected chi connectivity index (χ2v) is 4.02. The maximum Gasteiger partial charge on any atom is 0.123 e. The molecule has 1 nitrogen and oxygen atoms in total. The largest absolute Gasteiger partial charge is 0.367 e. The molecule has 0 amide bonds. The molecular weight excluding hydrogens is 232 g/mol. The van der Waals surface area contributed by atoms with Crippen LogP contribution in [0.3, 0.4) is 0 Å². The molecule has 3 heteroatoms. The van der Waals surface area contributed by atoms with Crippen molar-refractivity contribution in [3.05, 3.63) is 72.7 Å². The number of benzene rings is 2. The predicted octanol–water partition coefficient (Wildman–Crippen LogP) is 3.81. The second-order valence-electron chi connectivity index (χ2n) is 4.02. The SMILES string of the molecule is [CH2]CN(Cc1ccc(F)cc1)c1ccc(F)cc1. The Kier molecular flexibility index (Phi) is 3.92. The number of rotatable bonds is 4. The van der Waals surface area contributed by atoms with E-state index in [1.54, 1.807) is 24.3 Å². The summed E-state index contributed by atoms with van der Waals surface area (Å²) in [4.78, 5) is 1.99. The van der Waals surface area contributed by atoms with E-state index in [0.717, 1.165) is 11.3 Å². The quantitative estimate of drug-likeness (QED) is 0.793. The van der Waals surface area contributed by atoms with Crippen molar-refractivity contribution in [3.8, 4) is 0 Å². The standard InChI is InChI=1S/C15H14F2N/c1-2-18(15-9-7-14(17)8-10-15)11-12-3-5-13(16)6-4-12/h3-10H,1-2,11H2. The molecule has 0 unspecified atom stereocenters. The highest BCUT2D eigenvalue weighted by molar-refractivity contribution is 5.47. The second kappa shape index (κ2) is 5.63. The molecule has 0 aliphatic heterocycles. The molecule has 0 heterocycles. The molecule has 2 rings (SSSR count). The number of halogens is 2. The third-order valence-corrected chi connectivity index (χ3v) is 2.75. The monoisotopic (exact) mass is 246 g/mol. The molecule has 1 radical (unpaired) electrons. The Morgan fingerprint density at radius 1 is 0.833 bits per heavy atom. The first kappa shape index (κ1) is 12.6. The summed E-state index contributed by atoms with van der Waals surface area (Å²) in [6, 6.07) is 12.6. The maximum absolute atomic E-state index is 12.8. The lowest BCUT2D eigenvalue weighted by Gasteiger charge is -2.23. The van der Waals surface area contributed by atoms with Crippen molar-refractivity contribution in [1.82, 2.24) is 0 Å². The Morgan fingerprint density at radius 2 is 1.33 bits per heavy atom. The van der Waals surface area contributed by atoms with Gasteiger partial charge in [-0.1, -0.05) is 12.1 Å². The lowest BCUT2D eigenvalue weighted by Crippen LogP contribution is -2.22. The van der Waals surface area contributed by atoms with E-state index in [1.165, 1.54) is 24.3 Å². The van der Waals surface area contributed by atoms with Gasteiger partial charge in [0, 0.05) is 18.8 Å². The van der Waals surface area contributed by atoms with E-state index < -0.39 is 0 Å². The van der Waals surface area contributed by atoms with Crippen LogP contribution in [0.1, 0.15) is 5.56 Å². The summed E-state index contributed by atoms with van der Waals surface area (Å²) in [5.41, 5.74) is 1.89. The van der Waals surface area contributed by atoms with Crippen molar-refractivity contribution < 1.29 is 8.78 Å². The topological polar surface area (TPSA) is 3.24 Å². The molecule has 2 aromatic rings. The molecule has 0 aliphatic rings. The zero-order valence-corrected chi connectivity index (χ0v) is 9.94. The number of hydrogen-bond acceptors (Lipinski definition) is 1. The van der Waals surface area contributed by atoms with Gasteiger partial charge in [-0.05, 0) is 48.9 Å². The number of hydrogen-bond donors (Lipinski definition) is 0. The first-order valence-corrected chi connectivity index (χ1v) is 5.73.